The third-order valence-corrected chi connectivity index (χ3v) is 3.47. The predicted molar refractivity (Wildman–Crippen MR) is 69.4 cm³/mol. The highest BCUT2D eigenvalue weighted by atomic mass is 16.6. The van der Waals surface area contributed by atoms with Gasteiger partial charge < -0.3 is 9.47 Å². The Morgan fingerprint density at radius 3 is 3.05 bits per heavy atom. The Bertz CT molecular complexity index is 724. The SMILES string of the molecule is Cc1nc2ncnn2c(C)c1CC(=O)O[C@H]1CCOC1=O. The van der Waals surface area contributed by atoms with Crippen LogP contribution in [0.2, 0.25) is 0 Å². The summed E-state index contributed by atoms with van der Waals surface area (Å²) in [6.07, 6.45) is 1.06. The number of esters is 2. The van der Waals surface area contributed by atoms with Crippen molar-refractivity contribution in [3.8, 4) is 0 Å². The molecule has 0 saturated carbocycles. The lowest BCUT2D eigenvalue weighted by atomic mass is 10.1. The lowest BCUT2D eigenvalue weighted by molar-refractivity contribution is -0.159. The topological polar surface area (TPSA) is 95.7 Å². The van der Waals surface area contributed by atoms with Crippen molar-refractivity contribution in [2.45, 2.75) is 32.8 Å². The highest BCUT2D eigenvalue weighted by Gasteiger charge is 2.30. The summed E-state index contributed by atoms with van der Waals surface area (Å²) in [5.74, 6) is -0.477. The predicted octanol–water partition coefficient (Wildman–Crippen LogP) is 0.142. The number of hydrogen-bond donors (Lipinski definition) is 0. The summed E-state index contributed by atoms with van der Waals surface area (Å²) in [6, 6.07) is 0. The molecule has 2 aromatic rings. The average Bonchev–Trinajstić information content (AvgIpc) is 3.04. The fraction of sp³-hybridized carbons (Fsp3) is 0.462. The fourth-order valence-corrected chi connectivity index (χ4v) is 2.34. The summed E-state index contributed by atoms with van der Waals surface area (Å²) >= 11 is 0. The molecule has 1 aliphatic heterocycles. The first-order valence-electron chi connectivity index (χ1n) is 6.58. The van der Waals surface area contributed by atoms with Gasteiger partial charge in [-0.15, -0.1) is 0 Å². The van der Waals surface area contributed by atoms with E-state index in [9.17, 15) is 9.59 Å². The van der Waals surface area contributed by atoms with Crippen molar-refractivity contribution in [2.24, 2.45) is 0 Å². The molecular weight excluding hydrogens is 276 g/mol. The van der Waals surface area contributed by atoms with E-state index in [1.54, 1.807) is 11.4 Å². The number of aromatic nitrogens is 4. The molecule has 0 spiro atoms. The zero-order valence-corrected chi connectivity index (χ0v) is 11.7. The average molecular weight is 290 g/mol. The zero-order valence-electron chi connectivity index (χ0n) is 11.7. The molecule has 8 nitrogen and oxygen atoms in total. The summed E-state index contributed by atoms with van der Waals surface area (Å²) in [4.78, 5) is 31.6. The Morgan fingerprint density at radius 2 is 2.33 bits per heavy atom. The minimum Gasteiger partial charge on any atom is -0.463 e. The van der Waals surface area contributed by atoms with Gasteiger partial charge in [-0.3, -0.25) is 4.79 Å². The third-order valence-electron chi connectivity index (χ3n) is 3.47. The van der Waals surface area contributed by atoms with Crippen LogP contribution in [0.25, 0.3) is 5.78 Å². The normalized spacial score (nSPS) is 18.0. The molecule has 0 N–H and O–H groups in total. The summed E-state index contributed by atoms with van der Waals surface area (Å²) in [5, 5.41) is 4.06. The van der Waals surface area contributed by atoms with Gasteiger partial charge in [0.2, 0.25) is 6.10 Å². The monoisotopic (exact) mass is 290 g/mol. The van der Waals surface area contributed by atoms with Crippen LogP contribution >= 0.6 is 0 Å². The van der Waals surface area contributed by atoms with E-state index in [1.165, 1.54) is 6.33 Å². The lowest BCUT2D eigenvalue weighted by Gasteiger charge is -2.12. The number of fused-ring (bicyclic) bond motifs is 1. The number of aryl methyl sites for hydroxylation is 2. The van der Waals surface area contributed by atoms with Gasteiger partial charge in [0.05, 0.1) is 13.0 Å². The largest absolute Gasteiger partial charge is 0.463 e. The molecule has 0 amide bonds. The maximum Gasteiger partial charge on any atom is 0.347 e. The number of nitrogens with zero attached hydrogens (tertiary/aromatic N) is 4. The molecule has 0 bridgehead atoms. The van der Waals surface area contributed by atoms with Crippen molar-refractivity contribution < 1.29 is 19.1 Å². The van der Waals surface area contributed by atoms with Crippen molar-refractivity contribution in [1.29, 1.82) is 0 Å². The first kappa shape index (κ1) is 13.5. The van der Waals surface area contributed by atoms with E-state index in [0.29, 0.717) is 24.5 Å². The zero-order chi connectivity index (χ0) is 15.0. The van der Waals surface area contributed by atoms with E-state index >= 15 is 0 Å². The van der Waals surface area contributed by atoms with E-state index in [0.717, 1.165) is 11.3 Å². The van der Waals surface area contributed by atoms with Crippen molar-refractivity contribution in [3.05, 3.63) is 23.3 Å². The fourth-order valence-electron chi connectivity index (χ4n) is 2.34. The second-order valence-corrected chi connectivity index (χ2v) is 4.84. The number of hydrogen-bond acceptors (Lipinski definition) is 7. The van der Waals surface area contributed by atoms with E-state index < -0.39 is 18.0 Å². The molecule has 0 aliphatic carbocycles. The maximum atomic E-state index is 12.0. The van der Waals surface area contributed by atoms with Crippen LogP contribution in [-0.2, 0) is 25.5 Å². The number of cyclic esters (lactones) is 1. The summed E-state index contributed by atoms with van der Waals surface area (Å²) in [7, 11) is 0. The summed E-state index contributed by atoms with van der Waals surface area (Å²) in [6.45, 7) is 3.93. The van der Waals surface area contributed by atoms with Crippen LogP contribution in [0.15, 0.2) is 6.33 Å². The summed E-state index contributed by atoms with van der Waals surface area (Å²) < 4.78 is 11.5. The van der Waals surface area contributed by atoms with Crippen molar-refractivity contribution in [2.75, 3.05) is 6.61 Å². The molecule has 1 saturated heterocycles. The minimum absolute atomic E-state index is 0.0320. The highest BCUT2D eigenvalue weighted by Crippen LogP contribution is 2.16. The van der Waals surface area contributed by atoms with Gasteiger partial charge >= 0.3 is 11.9 Å². The molecule has 21 heavy (non-hydrogen) atoms. The molecule has 1 atom stereocenters. The van der Waals surface area contributed by atoms with Gasteiger partial charge in [0.1, 0.15) is 6.33 Å². The van der Waals surface area contributed by atoms with Gasteiger partial charge in [0, 0.05) is 23.4 Å². The molecule has 0 radical (unpaired) electrons. The Morgan fingerprint density at radius 1 is 1.52 bits per heavy atom. The smallest absolute Gasteiger partial charge is 0.347 e. The molecule has 0 unspecified atom stereocenters. The van der Waals surface area contributed by atoms with E-state index in [2.05, 4.69) is 15.1 Å². The molecule has 110 valence electrons. The Kier molecular flexibility index (Phi) is 3.28. The molecular formula is C13H14N4O4. The number of carbonyl (C=O) groups is 2. The second-order valence-electron chi connectivity index (χ2n) is 4.84. The molecule has 1 fully saturated rings. The molecule has 8 heteroatoms. The molecule has 3 heterocycles. The first-order chi connectivity index (χ1) is 10.1. The van der Waals surface area contributed by atoms with Crippen LogP contribution in [0.3, 0.4) is 0 Å². The molecule has 2 aromatic heterocycles. The molecule has 1 aliphatic rings. The lowest BCUT2D eigenvalue weighted by Crippen LogP contribution is -2.24. The van der Waals surface area contributed by atoms with Crippen molar-refractivity contribution >= 4 is 17.7 Å². The van der Waals surface area contributed by atoms with Gasteiger partial charge in [0.25, 0.3) is 5.78 Å². The van der Waals surface area contributed by atoms with Gasteiger partial charge in [-0.2, -0.15) is 10.1 Å². The second kappa shape index (κ2) is 5.12. The third kappa shape index (κ3) is 2.44. The van der Waals surface area contributed by atoms with Gasteiger partial charge in [-0.1, -0.05) is 0 Å². The van der Waals surface area contributed by atoms with Gasteiger partial charge in [0.15, 0.2) is 0 Å². The van der Waals surface area contributed by atoms with Crippen LogP contribution in [-0.4, -0.2) is 44.2 Å². The van der Waals surface area contributed by atoms with Crippen LogP contribution in [0.1, 0.15) is 23.4 Å². The first-order valence-corrected chi connectivity index (χ1v) is 6.58. The Hall–Kier alpha value is -2.51. The molecule has 0 aromatic carbocycles. The Balaban J connectivity index is 1.80. The van der Waals surface area contributed by atoms with Gasteiger partial charge in [-0.05, 0) is 13.8 Å². The van der Waals surface area contributed by atoms with E-state index in [4.69, 9.17) is 9.47 Å². The minimum atomic E-state index is -0.791. The maximum absolute atomic E-state index is 12.0. The number of rotatable bonds is 3. The molecule has 3 rings (SSSR count). The number of ether oxygens (including phenoxy) is 2. The quantitative estimate of drug-likeness (QED) is 0.742. The van der Waals surface area contributed by atoms with Crippen LogP contribution in [0, 0.1) is 13.8 Å². The van der Waals surface area contributed by atoms with E-state index in [1.807, 2.05) is 6.92 Å². The van der Waals surface area contributed by atoms with Crippen molar-refractivity contribution in [3.63, 3.8) is 0 Å². The van der Waals surface area contributed by atoms with Crippen LogP contribution < -0.4 is 0 Å². The van der Waals surface area contributed by atoms with E-state index in [-0.39, 0.29) is 6.42 Å². The van der Waals surface area contributed by atoms with Crippen LogP contribution in [0.4, 0.5) is 0 Å². The highest BCUT2D eigenvalue weighted by molar-refractivity contribution is 5.81. The summed E-state index contributed by atoms with van der Waals surface area (Å²) in [5.41, 5.74) is 2.20. The number of carbonyl (C=O) groups excluding carboxylic acids is 2. The standard InChI is InChI=1S/C13H14N4O4/c1-7-9(8(2)17-13(16-7)14-6-15-17)5-11(18)21-10-3-4-20-12(10)19/h6,10H,3-5H2,1-2H3/t10-/m0/s1. The van der Waals surface area contributed by atoms with Crippen molar-refractivity contribution in [1.82, 2.24) is 19.6 Å². The van der Waals surface area contributed by atoms with Crippen LogP contribution in [0.5, 0.6) is 0 Å². The van der Waals surface area contributed by atoms with Gasteiger partial charge in [-0.25, -0.2) is 14.3 Å². The Labute approximate surface area is 120 Å².